The summed E-state index contributed by atoms with van der Waals surface area (Å²) in [5, 5.41) is 5.61. The number of amides is 2. The van der Waals surface area contributed by atoms with Crippen molar-refractivity contribution in [3.05, 3.63) is 59.9 Å². The zero-order chi connectivity index (χ0) is 14.9. The van der Waals surface area contributed by atoms with E-state index in [2.05, 4.69) is 15.6 Å². The van der Waals surface area contributed by atoms with Crippen molar-refractivity contribution < 1.29 is 9.53 Å². The van der Waals surface area contributed by atoms with E-state index in [1.807, 2.05) is 43.3 Å². The van der Waals surface area contributed by atoms with Gasteiger partial charge in [-0.1, -0.05) is 24.3 Å². The van der Waals surface area contributed by atoms with Crippen LogP contribution >= 0.6 is 0 Å². The van der Waals surface area contributed by atoms with E-state index < -0.39 is 0 Å². The second-order valence-corrected chi connectivity index (χ2v) is 4.44. The third-order valence-electron chi connectivity index (χ3n) is 2.89. The smallest absolute Gasteiger partial charge is 0.315 e. The van der Waals surface area contributed by atoms with Gasteiger partial charge in [0.05, 0.1) is 6.61 Å². The Morgan fingerprint density at radius 2 is 1.95 bits per heavy atom. The molecule has 5 nitrogen and oxygen atoms in total. The molecule has 0 unspecified atom stereocenters. The number of aromatic nitrogens is 1. The molecule has 110 valence electrons. The Labute approximate surface area is 124 Å². The molecule has 0 fully saturated rings. The fourth-order valence-electron chi connectivity index (χ4n) is 1.87. The van der Waals surface area contributed by atoms with Crippen LogP contribution in [0, 0.1) is 0 Å². The summed E-state index contributed by atoms with van der Waals surface area (Å²) in [4.78, 5) is 15.8. The number of hydrogen-bond donors (Lipinski definition) is 2. The maximum Gasteiger partial charge on any atom is 0.315 e. The van der Waals surface area contributed by atoms with Gasteiger partial charge < -0.3 is 15.4 Å². The minimum Gasteiger partial charge on any atom is -0.494 e. The van der Waals surface area contributed by atoms with Gasteiger partial charge in [0.15, 0.2) is 0 Å². The highest BCUT2D eigenvalue weighted by Gasteiger charge is 2.05. The lowest BCUT2D eigenvalue weighted by atomic mass is 10.2. The normalized spacial score (nSPS) is 9.95. The quantitative estimate of drug-likeness (QED) is 0.857. The second-order valence-electron chi connectivity index (χ2n) is 4.44. The number of carbonyl (C=O) groups is 1. The van der Waals surface area contributed by atoms with Crippen LogP contribution in [0.1, 0.15) is 18.1 Å². The lowest BCUT2D eigenvalue weighted by Crippen LogP contribution is -2.34. The summed E-state index contributed by atoms with van der Waals surface area (Å²) >= 11 is 0. The number of benzene rings is 1. The molecule has 0 atom stereocenters. The Balaban J connectivity index is 1.81. The van der Waals surface area contributed by atoms with Crippen LogP contribution in [0.3, 0.4) is 0 Å². The number of rotatable bonds is 6. The van der Waals surface area contributed by atoms with Crippen molar-refractivity contribution in [3.8, 4) is 5.75 Å². The second kappa shape index (κ2) is 7.89. The number of nitrogens with one attached hydrogen (secondary N) is 2. The minimum atomic E-state index is -0.217. The highest BCUT2D eigenvalue weighted by atomic mass is 16.5. The van der Waals surface area contributed by atoms with Gasteiger partial charge in [0.25, 0.3) is 0 Å². The van der Waals surface area contributed by atoms with Crippen LogP contribution in [0.2, 0.25) is 0 Å². The zero-order valence-corrected chi connectivity index (χ0v) is 12.0. The number of para-hydroxylation sites is 1. The summed E-state index contributed by atoms with van der Waals surface area (Å²) < 4.78 is 5.52. The van der Waals surface area contributed by atoms with Gasteiger partial charge in [0, 0.05) is 31.0 Å². The molecule has 2 amide bonds. The van der Waals surface area contributed by atoms with Crippen LogP contribution in [-0.4, -0.2) is 17.6 Å². The first-order chi connectivity index (χ1) is 10.3. The Morgan fingerprint density at radius 1 is 1.14 bits per heavy atom. The summed E-state index contributed by atoms with van der Waals surface area (Å²) in [5.41, 5.74) is 1.92. The van der Waals surface area contributed by atoms with E-state index in [1.165, 1.54) is 0 Å². The van der Waals surface area contributed by atoms with Gasteiger partial charge in [-0.05, 0) is 24.6 Å². The van der Waals surface area contributed by atoms with Gasteiger partial charge in [0.2, 0.25) is 0 Å². The maximum atomic E-state index is 11.8. The molecule has 1 aromatic carbocycles. The summed E-state index contributed by atoms with van der Waals surface area (Å²) in [6.07, 6.45) is 3.43. The van der Waals surface area contributed by atoms with Crippen LogP contribution in [0.5, 0.6) is 5.75 Å². The largest absolute Gasteiger partial charge is 0.494 e. The predicted octanol–water partition coefficient (Wildman–Crippen LogP) is 2.48. The molecule has 2 rings (SSSR count). The van der Waals surface area contributed by atoms with E-state index in [0.29, 0.717) is 19.7 Å². The van der Waals surface area contributed by atoms with E-state index in [1.54, 1.807) is 12.4 Å². The van der Waals surface area contributed by atoms with E-state index in [9.17, 15) is 4.79 Å². The zero-order valence-electron chi connectivity index (χ0n) is 12.0. The van der Waals surface area contributed by atoms with Gasteiger partial charge in [0.1, 0.15) is 5.75 Å². The number of pyridine rings is 1. The molecule has 0 saturated heterocycles. The molecule has 5 heteroatoms. The summed E-state index contributed by atoms with van der Waals surface area (Å²) in [5.74, 6) is 0.799. The average molecular weight is 285 g/mol. The van der Waals surface area contributed by atoms with E-state index in [0.717, 1.165) is 16.9 Å². The van der Waals surface area contributed by atoms with Gasteiger partial charge in [-0.15, -0.1) is 0 Å². The van der Waals surface area contributed by atoms with Crippen molar-refractivity contribution in [1.29, 1.82) is 0 Å². The van der Waals surface area contributed by atoms with Crippen molar-refractivity contribution in [1.82, 2.24) is 15.6 Å². The summed E-state index contributed by atoms with van der Waals surface area (Å²) in [7, 11) is 0. The summed E-state index contributed by atoms with van der Waals surface area (Å²) in [6, 6.07) is 11.2. The first kappa shape index (κ1) is 14.8. The van der Waals surface area contributed by atoms with E-state index in [-0.39, 0.29) is 6.03 Å². The standard InChI is InChI=1S/C16H19N3O2/c1-2-21-15-8-4-3-7-14(15)12-19-16(20)18-11-13-6-5-9-17-10-13/h3-10H,2,11-12H2,1H3,(H2,18,19,20). The first-order valence-corrected chi connectivity index (χ1v) is 6.91. The SMILES string of the molecule is CCOc1ccccc1CNC(=O)NCc1cccnc1. The molecule has 21 heavy (non-hydrogen) atoms. The van der Waals surface area contributed by atoms with Crippen molar-refractivity contribution in [2.45, 2.75) is 20.0 Å². The molecule has 0 aliphatic carbocycles. The van der Waals surface area contributed by atoms with Crippen molar-refractivity contribution >= 4 is 6.03 Å². The van der Waals surface area contributed by atoms with Crippen LogP contribution in [0.25, 0.3) is 0 Å². The first-order valence-electron chi connectivity index (χ1n) is 6.91. The summed E-state index contributed by atoms with van der Waals surface area (Å²) in [6.45, 7) is 3.41. The number of nitrogens with zero attached hydrogens (tertiary/aromatic N) is 1. The van der Waals surface area contributed by atoms with Gasteiger partial charge in [-0.3, -0.25) is 4.98 Å². The monoisotopic (exact) mass is 285 g/mol. The molecule has 0 aliphatic heterocycles. The predicted molar refractivity (Wildman–Crippen MR) is 80.9 cm³/mol. The lowest BCUT2D eigenvalue weighted by Gasteiger charge is -2.11. The topological polar surface area (TPSA) is 63.2 Å². The fourth-order valence-corrected chi connectivity index (χ4v) is 1.87. The van der Waals surface area contributed by atoms with Gasteiger partial charge >= 0.3 is 6.03 Å². The van der Waals surface area contributed by atoms with Crippen molar-refractivity contribution in [2.24, 2.45) is 0 Å². The molecule has 0 aliphatic rings. The molecule has 0 radical (unpaired) electrons. The molecule has 1 aromatic heterocycles. The van der Waals surface area contributed by atoms with Crippen LogP contribution in [-0.2, 0) is 13.1 Å². The highest BCUT2D eigenvalue weighted by Crippen LogP contribution is 2.17. The molecule has 0 bridgehead atoms. The molecular weight excluding hydrogens is 266 g/mol. The fraction of sp³-hybridized carbons (Fsp3) is 0.250. The Kier molecular flexibility index (Phi) is 5.58. The maximum absolute atomic E-state index is 11.8. The molecule has 2 N–H and O–H groups in total. The minimum absolute atomic E-state index is 0.217. The number of ether oxygens (including phenoxy) is 1. The van der Waals surface area contributed by atoms with Crippen molar-refractivity contribution in [2.75, 3.05) is 6.61 Å². The number of hydrogen-bond acceptors (Lipinski definition) is 3. The lowest BCUT2D eigenvalue weighted by molar-refractivity contribution is 0.240. The van der Waals surface area contributed by atoms with E-state index >= 15 is 0 Å². The molecule has 2 aromatic rings. The van der Waals surface area contributed by atoms with Gasteiger partial charge in [-0.2, -0.15) is 0 Å². The van der Waals surface area contributed by atoms with Crippen LogP contribution in [0.4, 0.5) is 4.79 Å². The van der Waals surface area contributed by atoms with Crippen LogP contribution < -0.4 is 15.4 Å². The molecule has 0 saturated carbocycles. The number of urea groups is 1. The highest BCUT2D eigenvalue weighted by molar-refractivity contribution is 5.73. The molecular formula is C16H19N3O2. The Bertz CT molecular complexity index is 573. The molecule has 0 spiro atoms. The van der Waals surface area contributed by atoms with Gasteiger partial charge in [-0.25, -0.2) is 4.79 Å². The Morgan fingerprint density at radius 3 is 2.71 bits per heavy atom. The average Bonchev–Trinajstić information content (AvgIpc) is 2.53. The van der Waals surface area contributed by atoms with E-state index in [4.69, 9.17) is 4.74 Å². The van der Waals surface area contributed by atoms with Crippen molar-refractivity contribution in [3.63, 3.8) is 0 Å². The van der Waals surface area contributed by atoms with Crippen LogP contribution in [0.15, 0.2) is 48.8 Å². The number of carbonyl (C=O) groups excluding carboxylic acids is 1. The third-order valence-corrected chi connectivity index (χ3v) is 2.89. The third kappa shape index (κ3) is 4.80. The Hall–Kier alpha value is -2.56. The molecule has 1 heterocycles.